The smallest absolute Gasteiger partial charge is 0.201 e. The number of rotatable bonds is 2. The van der Waals surface area contributed by atoms with E-state index in [0.717, 1.165) is 26.8 Å². The third-order valence-corrected chi connectivity index (χ3v) is 4.57. The van der Waals surface area contributed by atoms with Crippen molar-refractivity contribution in [1.29, 1.82) is 0 Å². The van der Waals surface area contributed by atoms with E-state index < -0.39 is 0 Å². The van der Waals surface area contributed by atoms with Gasteiger partial charge < -0.3 is 16.0 Å². The van der Waals surface area contributed by atoms with Gasteiger partial charge in [-0.15, -0.1) is 0 Å². The van der Waals surface area contributed by atoms with Gasteiger partial charge in [0, 0.05) is 12.6 Å². The van der Waals surface area contributed by atoms with Gasteiger partial charge in [-0.05, 0) is 0 Å². The molecule has 0 aliphatic carbocycles. The predicted molar refractivity (Wildman–Crippen MR) is 91.7 cm³/mol. The van der Waals surface area contributed by atoms with Crippen molar-refractivity contribution in [3.05, 3.63) is 36.7 Å². The normalized spacial score (nSPS) is 11.2. The van der Waals surface area contributed by atoms with Crippen molar-refractivity contribution < 1.29 is 0 Å². The van der Waals surface area contributed by atoms with Crippen molar-refractivity contribution >= 4 is 33.5 Å². The first kappa shape index (κ1) is 13.6. The Hall–Kier alpha value is -3.00. The number of fused-ring (bicyclic) bond motifs is 1. The number of hydrogen-bond acceptors (Lipinski definition) is 7. The molecule has 4 aromatic rings. The van der Waals surface area contributed by atoms with Crippen LogP contribution >= 0.6 is 11.3 Å². The van der Waals surface area contributed by atoms with Crippen LogP contribution in [0.5, 0.6) is 0 Å². The largest absolute Gasteiger partial charge is 0.382 e. The maximum Gasteiger partial charge on any atom is 0.201 e. The molecule has 0 aliphatic rings. The van der Waals surface area contributed by atoms with Crippen molar-refractivity contribution in [3.8, 4) is 22.0 Å². The third-order valence-electron chi connectivity index (χ3n) is 3.60. The molecule has 4 N–H and O–H groups in total. The average molecular weight is 323 g/mol. The fraction of sp³-hybridized carbons (Fsp3) is 0.0667. The van der Waals surface area contributed by atoms with Crippen LogP contribution in [0.25, 0.3) is 32.3 Å². The van der Waals surface area contributed by atoms with E-state index in [0.29, 0.717) is 17.3 Å². The zero-order valence-corrected chi connectivity index (χ0v) is 13.1. The monoisotopic (exact) mass is 323 g/mol. The predicted octanol–water partition coefficient (Wildman–Crippen LogP) is 2.32. The van der Waals surface area contributed by atoms with E-state index >= 15 is 0 Å². The van der Waals surface area contributed by atoms with Crippen molar-refractivity contribution in [2.24, 2.45) is 7.05 Å². The lowest BCUT2D eigenvalue weighted by atomic mass is 10.1. The van der Waals surface area contributed by atoms with E-state index in [1.165, 1.54) is 17.7 Å². The van der Waals surface area contributed by atoms with Gasteiger partial charge in [0.1, 0.15) is 33.1 Å². The number of benzene rings is 1. The van der Waals surface area contributed by atoms with Crippen molar-refractivity contribution in [3.63, 3.8) is 0 Å². The highest BCUT2D eigenvalue weighted by Crippen LogP contribution is 2.37. The molecule has 0 fully saturated rings. The number of imidazole rings is 1. The number of nitrogens with zero attached hydrogens (tertiary/aromatic N) is 5. The molecule has 8 heteroatoms. The van der Waals surface area contributed by atoms with Crippen LogP contribution in [0, 0.1) is 0 Å². The number of nitrogen functional groups attached to an aromatic ring is 2. The van der Waals surface area contributed by atoms with E-state index in [-0.39, 0.29) is 0 Å². The summed E-state index contributed by atoms with van der Waals surface area (Å²) in [4.78, 5) is 18.0. The Labute approximate surface area is 135 Å². The zero-order valence-electron chi connectivity index (χ0n) is 12.3. The van der Waals surface area contributed by atoms with Gasteiger partial charge in [-0.2, -0.15) is 0 Å². The Bertz CT molecular complexity index is 1000. The summed E-state index contributed by atoms with van der Waals surface area (Å²) in [5.41, 5.74) is 15.1. The molecule has 0 saturated heterocycles. The first-order valence-electron chi connectivity index (χ1n) is 6.90. The number of aromatic nitrogens is 5. The van der Waals surface area contributed by atoms with Gasteiger partial charge in [-0.3, -0.25) is 0 Å². The summed E-state index contributed by atoms with van der Waals surface area (Å²) in [5, 5.41) is 0.762. The fourth-order valence-corrected chi connectivity index (χ4v) is 3.43. The number of anilines is 2. The van der Waals surface area contributed by atoms with Gasteiger partial charge in [0.2, 0.25) is 5.95 Å². The Morgan fingerprint density at radius 1 is 1.04 bits per heavy atom. The summed E-state index contributed by atoms with van der Waals surface area (Å²) in [7, 11) is 1.87. The molecular formula is C15H13N7S. The van der Waals surface area contributed by atoms with Crippen molar-refractivity contribution in [2.75, 3.05) is 11.5 Å². The lowest BCUT2D eigenvalue weighted by Gasteiger charge is -2.03. The van der Waals surface area contributed by atoms with Gasteiger partial charge in [-0.1, -0.05) is 41.7 Å². The van der Waals surface area contributed by atoms with Gasteiger partial charge in [-0.25, -0.2) is 19.9 Å². The van der Waals surface area contributed by atoms with Crippen LogP contribution in [0.3, 0.4) is 0 Å². The first-order valence-corrected chi connectivity index (χ1v) is 7.72. The summed E-state index contributed by atoms with van der Waals surface area (Å²) < 4.78 is 1.82. The zero-order chi connectivity index (χ0) is 16.0. The molecule has 114 valence electrons. The molecule has 0 saturated carbocycles. The topological polar surface area (TPSA) is 109 Å². The molecular weight excluding hydrogens is 310 g/mol. The molecule has 0 spiro atoms. The van der Waals surface area contributed by atoms with Crippen LogP contribution < -0.4 is 11.5 Å². The second-order valence-corrected chi connectivity index (χ2v) is 6.00. The lowest BCUT2D eigenvalue weighted by molar-refractivity contribution is 0.937. The Balaban J connectivity index is 1.99. The molecule has 3 aromatic heterocycles. The van der Waals surface area contributed by atoms with Crippen molar-refractivity contribution in [1.82, 2.24) is 24.5 Å². The second kappa shape index (κ2) is 5.03. The molecule has 1 aromatic carbocycles. The summed E-state index contributed by atoms with van der Waals surface area (Å²) >= 11 is 1.44. The Kier molecular flexibility index (Phi) is 2.98. The summed E-state index contributed by atoms with van der Waals surface area (Å²) in [5.74, 6) is 0.797. The van der Waals surface area contributed by atoms with E-state index in [9.17, 15) is 0 Å². The summed E-state index contributed by atoms with van der Waals surface area (Å²) in [6.45, 7) is 0. The van der Waals surface area contributed by atoms with E-state index in [1.807, 2.05) is 41.9 Å². The van der Waals surface area contributed by atoms with Crippen LogP contribution in [-0.2, 0) is 7.05 Å². The van der Waals surface area contributed by atoms with Crippen LogP contribution in [0.4, 0.5) is 11.8 Å². The van der Waals surface area contributed by atoms with E-state index in [4.69, 9.17) is 11.5 Å². The minimum absolute atomic E-state index is 0.369. The van der Waals surface area contributed by atoms with E-state index in [2.05, 4.69) is 19.9 Å². The van der Waals surface area contributed by atoms with Crippen molar-refractivity contribution in [2.45, 2.75) is 0 Å². The first-order chi connectivity index (χ1) is 11.1. The highest BCUT2D eigenvalue weighted by Gasteiger charge is 2.20. The minimum atomic E-state index is 0.369. The molecule has 0 aliphatic heterocycles. The van der Waals surface area contributed by atoms with Crippen LogP contribution in [-0.4, -0.2) is 24.5 Å². The molecule has 0 unspecified atom stereocenters. The average Bonchev–Trinajstić information content (AvgIpc) is 3.11. The second-order valence-electron chi connectivity index (χ2n) is 5.02. The summed E-state index contributed by atoms with van der Waals surface area (Å²) in [6.07, 6.45) is 1.44. The fourth-order valence-electron chi connectivity index (χ4n) is 2.43. The van der Waals surface area contributed by atoms with E-state index in [1.54, 1.807) is 0 Å². The van der Waals surface area contributed by atoms with Crippen LogP contribution in [0.15, 0.2) is 36.7 Å². The highest BCUT2D eigenvalue weighted by atomic mass is 32.1. The van der Waals surface area contributed by atoms with Crippen LogP contribution in [0.1, 0.15) is 0 Å². The lowest BCUT2D eigenvalue weighted by Crippen LogP contribution is -1.98. The SMILES string of the molecule is Cn1c(N)nc(-c2ccccc2)c1-c1nc2c(N)ncnc2s1. The maximum absolute atomic E-state index is 6.02. The maximum atomic E-state index is 6.02. The van der Waals surface area contributed by atoms with Gasteiger partial charge >= 0.3 is 0 Å². The van der Waals surface area contributed by atoms with Crippen LogP contribution in [0.2, 0.25) is 0 Å². The quantitative estimate of drug-likeness (QED) is 0.586. The standard InChI is InChI=1S/C15H13N7S/c1-22-11(9(21-15(22)17)8-5-3-2-4-6-8)14-20-10-12(16)18-7-19-13(10)23-14/h2-7H,1H3,(H2,17,21)(H2,16,18,19). The van der Waals surface area contributed by atoms with Gasteiger partial charge in [0.15, 0.2) is 5.82 Å². The number of hydrogen-bond donors (Lipinski definition) is 2. The minimum Gasteiger partial charge on any atom is -0.382 e. The molecule has 4 rings (SSSR count). The molecule has 23 heavy (non-hydrogen) atoms. The molecule has 0 bridgehead atoms. The number of nitrogens with two attached hydrogens (primary N) is 2. The molecule has 0 amide bonds. The molecule has 0 atom stereocenters. The third kappa shape index (κ3) is 2.11. The molecule has 7 nitrogen and oxygen atoms in total. The molecule has 0 radical (unpaired) electrons. The number of thiazole rings is 1. The van der Waals surface area contributed by atoms with Gasteiger partial charge in [0.05, 0.1) is 0 Å². The summed E-state index contributed by atoms with van der Waals surface area (Å²) in [6, 6.07) is 9.88. The Morgan fingerprint density at radius 3 is 2.57 bits per heavy atom. The Morgan fingerprint density at radius 2 is 1.83 bits per heavy atom. The molecule has 3 heterocycles. The highest BCUT2D eigenvalue weighted by molar-refractivity contribution is 7.21. The van der Waals surface area contributed by atoms with Gasteiger partial charge in [0.25, 0.3) is 0 Å².